The van der Waals surface area contributed by atoms with Crippen LogP contribution in [0.2, 0.25) is 0 Å². The van der Waals surface area contributed by atoms with Gasteiger partial charge in [0, 0.05) is 75.5 Å². The second-order valence-corrected chi connectivity index (χ2v) is 25.0. The Labute approximate surface area is 631 Å². The maximum atomic E-state index is 12.1. The summed E-state index contributed by atoms with van der Waals surface area (Å²) in [6, 6.07) is 72.5. The minimum Gasteiger partial charge on any atom is -0.322 e. The van der Waals surface area contributed by atoms with E-state index < -0.39 is 23.6 Å². The molecule has 0 saturated heterocycles. The largest absolute Gasteiger partial charge is 0.322 e. The lowest BCUT2D eigenvalue weighted by atomic mass is 10.1. The third kappa shape index (κ3) is 31.5. The van der Waals surface area contributed by atoms with Gasteiger partial charge in [-0.05, 0) is 209 Å². The third-order valence-electron chi connectivity index (χ3n) is 16.1. The van der Waals surface area contributed by atoms with Crippen molar-refractivity contribution < 1.29 is 74.0 Å². The van der Waals surface area contributed by atoms with Gasteiger partial charge in [-0.3, -0.25) is 74.0 Å². The third-order valence-corrected chi connectivity index (χ3v) is 16.1. The van der Waals surface area contributed by atoms with Crippen molar-refractivity contribution in [3.63, 3.8) is 0 Å². The molecule has 0 aliphatic carbocycles. The first-order chi connectivity index (χ1) is 52.4. The highest BCUT2D eigenvalue weighted by Gasteiger charge is 2.13. The van der Waals surface area contributed by atoms with Crippen LogP contribution in [0.3, 0.4) is 0 Å². The van der Waals surface area contributed by atoms with Gasteiger partial charge in [0.25, 0.3) is 29.5 Å². The normalized spacial score (nSPS) is 10.1. The van der Waals surface area contributed by atoms with Crippen molar-refractivity contribution in [3.8, 4) is 0 Å². The van der Waals surface area contributed by atoms with E-state index in [4.69, 9.17) is 26.0 Å². The highest BCUT2D eigenvalue weighted by molar-refractivity contribution is 6.07. The van der Waals surface area contributed by atoms with Crippen LogP contribution in [0.5, 0.6) is 0 Å². The van der Waals surface area contributed by atoms with E-state index in [1.54, 1.807) is 155 Å². The number of amides is 10. The quantitative estimate of drug-likeness (QED) is 0.0197. The minimum absolute atomic E-state index is 0.0464. The van der Waals surface area contributed by atoms with Gasteiger partial charge in [0.1, 0.15) is 0 Å². The van der Waals surface area contributed by atoms with Crippen molar-refractivity contribution in [1.29, 1.82) is 0 Å². The van der Waals surface area contributed by atoms with Gasteiger partial charge in [0.05, 0.1) is 12.8 Å². The summed E-state index contributed by atoms with van der Waals surface area (Å²) in [4.78, 5) is 115. The topological polar surface area (TPSA) is 392 Å². The number of benzene rings is 10. The number of hydrogen-bond donors (Lipinski definition) is 15. The molecule has 0 fully saturated rings. The number of anilines is 5. The molecule has 0 spiro atoms. The van der Waals surface area contributed by atoms with Crippen LogP contribution >= 0.6 is 0 Å². The zero-order valence-electron chi connectivity index (χ0n) is 60.8. The Morgan fingerprint density at radius 1 is 0.239 bits per heavy atom. The van der Waals surface area contributed by atoms with Crippen LogP contribution in [0.1, 0.15) is 133 Å². The molecule has 0 saturated carbocycles. The van der Waals surface area contributed by atoms with E-state index in [1.807, 2.05) is 150 Å². The summed E-state index contributed by atoms with van der Waals surface area (Å²) in [6.07, 6.45) is 3.22. The lowest BCUT2D eigenvalue weighted by Gasteiger charge is -2.08. The molecular formula is C84H88N10O15. The highest BCUT2D eigenvalue weighted by atomic mass is 16.5. The SMILES string of the molecule is Cc1ccc(C(=O)Nc2ccc(CC(=O)NO)cc2)cc1.Cc1ccc(C(=O)Nc2ccc(CCC(=O)NO)cc2)cc1.Cc1ccc(C(=O)Nc2ccc(CCCC(=O)NO)cc2)cc1.Cc1ccc(C(=O)Nc2cccc(CC(=O)NO)c2)cc1.Cc1ccc(C(=O)Nc2cccc(CCC(=O)NO)c2)cc1. The Hall–Kier alpha value is -13.3. The second-order valence-electron chi connectivity index (χ2n) is 25.0. The molecule has 0 aromatic heterocycles. The Kier molecular flexibility index (Phi) is 35.1. The van der Waals surface area contributed by atoms with Crippen molar-refractivity contribution >= 4 is 87.5 Å². The Morgan fingerprint density at radius 2 is 0.486 bits per heavy atom. The molecule has 25 nitrogen and oxygen atoms in total. The monoisotopic (exact) mass is 1480 g/mol. The van der Waals surface area contributed by atoms with Gasteiger partial charge >= 0.3 is 0 Å². The maximum Gasteiger partial charge on any atom is 0.255 e. The number of carbonyl (C=O) groups is 10. The molecule has 10 amide bonds. The molecular weight excluding hydrogens is 1390 g/mol. The number of carbonyl (C=O) groups excluding carboxylic acids is 10. The minimum atomic E-state index is -0.503. The first-order valence-electron chi connectivity index (χ1n) is 34.4. The number of hydroxylamine groups is 5. The van der Waals surface area contributed by atoms with Gasteiger partial charge in [-0.25, -0.2) is 27.4 Å². The van der Waals surface area contributed by atoms with E-state index in [0.29, 0.717) is 75.4 Å². The summed E-state index contributed by atoms with van der Waals surface area (Å²) in [5.74, 6) is -3.09. The van der Waals surface area contributed by atoms with E-state index in [1.165, 1.54) is 0 Å². The summed E-state index contributed by atoms with van der Waals surface area (Å²) in [5, 5.41) is 56.4. The van der Waals surface area contributed by atoms with E-state index in [2.05, 4.69) is 26.6 Å². The molecule has 25 heteroatoms. The molecule has 0 bridgehead atoms. The van der Waals surface area contributed by atoms with Crippen LogP contribution in [0.15, 0.2) is 243 Å². The number of rotatable bonds is 24. The first-order valence-corrected chi connectivity index (χ1v) is 34.4. The summed E-state index contributed by atoms with van der Waals surface area (Å²) < 4.78 is 0. The van der Waals surface area contributed by atoms with Crippen molar-refractivity contribution in [2.24, 2.45) is 0 Å². The molecule has 109 heavy (non-hydrogen) atoms. The average Bonchev–Trinajstić information content (AvgIpc) is 0.887. The molecule has 0 radical (unpaired) electrons. The van der Waals surface area contributed by atoms with Crippen molar-refractivity contribution in [1.82, 2.24) is 27.4 Å². The van der Waals surface area contributed by atoms with Crippen LogP contribution in [0.4, 0.5) is 28.4 Å². The molecule has 10 rings (SSSR count). The van der Waals surface area contributed by atoms with Crippen molar-refractivity contribution in [3.05, 3.63) is 326 Å². The summed E-state index contributed by atoms with van der Waals surface area (Å²) in [5.41, 5.74) is 24.2. The zero-order chi connectivity index (χ0) is 79.0. The average molecular weight is 1480 g/mol. The standard InChI is InChI=1S/C18H20N2O3.2C17H18N2O3.2C16H16N2O3/c1-13-5-9-15(10-6-13)18(22)19-16-11-7-14(8-12-16)3-2-4-17(21)20-23;1-12-2-7-14(8-3-12)17(21)18-15-9-4-13(5-10-15)6-11-16(20)19-22;1-12-5-8-14(9-6-12)17(21)18-15-4-2-3-13(11-15)7-10-16(20)19-22;1-11-2-6-13(7-3-11)16(20)17-14-8-4-12(5-9-14)10-15(19)18-21;1-11-5-7-13(8-6-11)16(20)17-14-4-2-3-12(9-14)10-15(19)18-21/h5-12,23H,2-4H2,1H3,(H,19,22)(H,20,21);2-5,7-10,22H,6,11H2,1H3,(H,18,21)(H,19,20);2-6,8-9,11,22H,7,10H2,1H3,(H,18,21)(H,19,20);2*2-9,21H,10H2,1H3,(H,17,20)(H,18,19). The molecule has 0 unspecified atom stereocenters. The van der Waals surface area contributed by atoms with Crippen molar-refractivity contribution in [2.75, 3.05) is 26.6 Å². The fraction of sp³-hybridized carbons (Fsp3) is 0.167. The van der Waals surface area contributed by atoms with E-state index in [-0.39, 0.29) is 67.5 Å². The van der Waals surface area contributed by atoms with Gasteiger partial charge < -0.3 is 26.6 Å². The molecule has 0 heterocycles. The molecule has 15 N–H and O–H groups in total. The summed E-state index contributed by atoms with van der Waals surface area (Å²) in [6.45, 7) is 9.83. The number of aryl methyl sites for hydroxylation is 8. The molecule has 0 aliphatic rings. The van der Waals surface area contributed by atoms with E-state index >= 15 is 0 Å². The van der Waals surface area contributed by atoms with Gasteiger partial charge in [0.2, 0.25) is 29.5 Å². The summed E-state index contributed by atoms with van der Waals surface area (Å²) in [7, 11) is 0. The molecule has 0 aliphatic heterocycles. The smallest absolute Gasteiger partial charge is 0.255 e. The predicted octanol–water partition coefficient (Wildman–Crippen LogP) is 13.0. The van der Waals surface area contributed by atoms with E-state index in [0.717, 1.165) is 62.2 Å². The van der Waals surface area contributed by atoms with Gasteiger partial charge in [0.15, 0.2) is 0 Å². The first kappa shape index (κ1) is 84.6. The van der Waals surface area contributed by atoms with Crippen LogP contribution < -0.4 is 54.0 Å². The molecule has 564 valence electrons. The van der Waals surface area contributed by atoms with Gasteiger partial charge in [-0.1, -0.05) is 149 Å². The van der Waals surface area contributed by atoms with Crippen LogP contribution in [0, 0.1) is 34.6 Å². The second kappa shape index (κ2) is 45.2. The Bertz CT molecular complexity index is 4640. The van der Waals surface area contributed by atoms with Crippen molar-refractivity contribution in [2.45, 2.75) is 92.4 Å². The fourth-order valence-corrected chi connectivity index (χ4v) is 9.91. The van der Waals surface area contributed by atoms with Gasteiger partial charge in [-0.2, -0.15) is 0 Å². The predicted molar refractivity (Wildman–Crippen MR) is 415 cm³/mol. The fourth-order valence-electron chi connectivity index (χ4n) is 9.91. The summed E-state index contributed by atoms with van der Waals surface area (Å²) >= 11 is 0. The number of hydrogen-bond acceptors (Lipinski definition) is 15. The molecule has 0 atom stereocenters. The lowest BCUT2D eigenvalue weighted by Crippen LogP contribution is -2.20. The van der Waals surface area contributed by atoms with Crippen LogP contribution in [-0.4, -0.2) is 85.1 Å². The maximum absolute atomic E-state index is 12.1. The van der Waals surface area contributed by atoms with Gasteiger partial charge in [-0.15, -0.1) is 0 Å². The van der Waals surface area contributed by atoms with Crippen LogP contribution in [-0.2, 0) is 56.1 Å². The van der Waals surface area contributed by atoms with Crippen LogP contribution in [0.25, 0.3) is 0 Å². The highest BCUT2D eigenvalue weighted by Crippen LogP contribution is 2.20. The molecule has 10 aromatic rings. The zero-order valence-corrected chi connectivity index (χ0v) is 60.8. The lowest BCUT2D eigenvalue weighted by molar-refractivity contribution is -0.129. The Balaban J connectivity index is 0.000000213. The Morgan fingerprint density at radius 3 is 0.798 bits per heavy atom. The number of nitrogens with one attached hydrogen (secondary N) is 10. The van der Waals surface area contributed by atoms with E-state index in [9.17, 15) is 47.9 Å². The molecule has 10 aromatic carbocycles.